The molecule has 7 nitrogen and oxygen atoms in total. The quantitative estimate of drug-likeness (QED) is 0.246. The third kappa shape index (κ3) is 932. The Labute approximate surface area is 89.1 Å². The van der Waals surface area contributed by atoms with Gasteiger partial charge in [0.25, 0.3) is 0 Å². The summed E-state index contributed by atoms with van der Waals surface area (Å²) < 4.78 is 17.6. The molecule has 0 aromatic carbocycles. The fourth-order valence-corrected chi connectivity index (χ4v) is 0. The largest absolute Gasteiger partial charge is 0.761 e. The van der Waals surface area contributed by atoms with Gasteiger partial charge >= 0.3 is 17.0 Å². The van der Waals surface area contributed by atoms with Gasteiger partial charge in [-0.1, -0.05) is 0 Å². The zero-order valence-electron chi connectivity index (χ0n) is 5.41. The fourth-order valence-electron chi connectivity index (χ4n) is 0. The normalized spacial score (nSPS) is 7.55. The first-order chi connectivity index (χ1) is 3.73. The maximum atomic E-state index is 8.88. The van der Waals surface area contributed by atoms with Gasteiger partial charge in [-0.05, 0) is 0 Å². The van der Waals surface area contributed by atoms with Gasteiger partial charge in [-0.3, -0.25) is 4.46 Å². The number of rotatable bonds is 0. The third-order valence-electron chi connectivity index (χ3n) is 0. The molecule has 0 saturated carbocycles. The van der Waals surface area contributed by atoms with Crippen molar-refractivity contribution in [2.75, 3.05) is 0 Å². The second-order valence-corrected chi connectivity index (χ2v) is 2.39. The van der Waals surface area contributed by atoms with E-state index >= 15 is 0 Å². The molecule has 60 valence electrons. The number of phosphoric acid groups is 1. The standard InChI is InChI=1S/H3O4P.H2O3Si.2Zn/c1-5(2,3)4;1-4(2)3;;/h(H3,1,2,3,4);1-2H;;. The maximum absolute atomic E-state index is 8.88. The van der Waals surface area contributed by atoms with Crippen molar-refractivity contribution in [1.82, 2.24) is 0 Å². The topological polar surface area (TPSA) is 135 Å². The van der Waals surface area contributed by atoms with Crippen molar-refractivity contribution in [2.45, 2.75) is 0 Å². The van der Waals surface area contributed by atoms with Crippen LogP contribution >= 0.6 is 7.82 Å². The van der Waals surface area contributed by atoms with Gasteiger partial charge in [0, 0.05) is 39.0 Å². The minimum absolute atomic E-state index is 0. The van der Waals surface area contributed by atoms with E-state index in [9.17, 15) is 0 Å². The molecule has 5 N–H and O–H groups in total. The van der Waals surface area contributed by atoms with Crippen molar-refractivity contribution < 1.29 is 72.3 Å². The SMILES string of the molecule is O=P(O)(O)O.O=[Si](O)O.[Zn].[Zn]. The Balaban J connectivity index is -0.0000000383. The molecular formula is H5O7PSiZn2. The fraction of sp³-hybridized carbons (Fsp3) is 0. The summed E-state index contributed by atoms with van der Waals surface area (Å²) in [6.07, 6.45) is 0. The Morgan fingerprint density at radius 3 is 1.00 bits per heavy atom. The van der Waals surface area contributed by atoms with Gasteiger partial charge in [0.05, 0.1) is 0 Å². The van der Waals surface area contributed by atoms with E-state index in [1.165, 1.54) is 0 Å². The van der Waals surface area contributed by atoms with E-state index in [1.807, 2.05) is 0 Å². The van der Waals surface area contributed by atoms with Crippen molar-refractivity contribution in [3.8, 4) is 0 Å². The molecule has 0 aromatic rings. The van der Waals surface area contributed by atoms with E-state index < -0.39 is 17.0 Å². The monoisotopic (exact) mass is 304 g/mol. The minimum atomic E-state index is -4.64. The van der Waals surface area contributed by atoms with E-state index in [-0.39, 0.29) is 39.0 Å². The summed E-state index contributed by atoms with van der Waals surface area (Å²) in [5, 5.41) is 0. The van der Waals surface area contributed by atoms with Crippen LogP contribution in [0.25, 0.3) is 0 Å². The minimum Gasteiger partial charge on any atom is -0.511 e. The average molecular weight is 307 g/mol. The number of hydrogen-bond acceptors (Lipinski definition) is 2. The molecule has 0 atom stereocenters. The van der Waals surface area contributed by atoms with Crippen molar-refractivity contribution in [3.05, 3.63) is 0 Å². The van der Waals surface area contributed by atoms with Crippen molar-refractivity contribution in [3.63, 3.8) is 0 Å². The van der Waals surface area contributed by atoms with Crippen LogP contribution in [0.2, 0.25) is 0 Å². The van der Waals surface area contributed by atoms with Gasteiger partial charge in [-0.15, -0.1) is 0 Å². The van der Waals surface area contributed by atoms with E-state index in [0.29, 0.717) is 0 Å². The molecule has 11 heteroatoms. The van der Waals surface area contributed by atoms with Gasteiger partial charge in [0.15, 0.2) is 0 Å². The maximum Gasteiger partial charge on any atom is 0.761 e. The van der Waals surface area contributed by atoms with Crippen LogP contribution in [0.4, 0.5) is 0 Å². The summed E-state index contributed by atoms with van der Waals surface area (Å²) in [6, 6.07) is 0. The predicted octanol–water partition coefficient (Wildman–Crippen LogP) is -2.55. The van der Waals surface area contributed by atoms with Crippen LogP contribution < -0.4 is 0 Å². The Bertz CT molecular complexity index is 116. The molecule has 0 heterocycles. The first-order valence-electron chi connectivity index (χ1n) is 1.43. The zero-order chi connectivity index (χ0) is 8.08. The first-order valence-corrected chi connectivity index (χ1v) is 4.30. The van der Waals surface area contributed by atoms with Gasteiger partial charge < -0.3 is 24.3 Å². The molecule has 11 heavy (non-hydrogen) atoms. The molecule has 0 aliphatic heterocycles. The summed E-state index contributed by atoms with van der Waals surface area (Å²) in [5.41, 5.74) is 0. The molecule has 0 radical (unpaired) electrons. The van der Waals surface area contributed by atoms with Crippen LogP contribution in [0.5, 0.6) is 0 Å². The second-order valence-electron chi connectivity index (χ2n) is 0.796. The molecule has 0 fully saturated rings. The van der Waals surface area contributed by atoms with E-state index in [1.54, 1.807) is 0 Å². The van der Waals surface area contributed by atoms with Gasteiger partial charge in [-0.2, -0.15) is 0 Å². The Morgan fingerprint density at radius 1 is 1.00 bits per heavy atom. The molecule has 0 spiro atoms. The summed E-state index contributed by atoms with van der Waals surface area (Å²) in [5.74, 6) is 0. The summed E-state index contributed by atoms with van der Waals surface area (Å²) in [4.78, 5) is 35.9. The van der Waals surface area contributed by atoms with Crippen LogP contribution in [0.15, 0.2) is 0 Å². The average Bonchev–Trinajstić information content (AvgIpc) is 1.19. The summed E-state index contributed by atoms with van der Waals surface area (Å²) >= 11 is 0. The number of hydrogen-bond donors (Lipinski definition) is 5. The Morgan fingerprint density at radius 2 is 1.00 bits per heavy atom. The van der Waals surface area contributed by atoms with Crippen molar-refractivity contribution in [1.29, 1.82) is 0 Å². The van der Waals surface area contributed by atoms with Crippen molar-refractivity contribution >= 4 is 17.0 Å². The van der Waals surface area contributed by atoms with Gasteiger partial charge in [0.1, 0.15) is 0 Å². The van der Waals surface area contributed by atoms with E-state index in [2.05, 4.69) is 0 Å². The molecule has 0 saturated heterocycles. The van der Waals surface area contributed by atoms with Gasteiger partial charge in [-0.25, -0.2) is 4.57 Å². The first kappa shape index (κ1) is 22.7. The molecule has 0 aliphatic rings. The van der Waals surface area contributed by atoms with E-state index in [4.69, 9.17) is 33.3 Å². The summed E-state index contributed by atoms with van der Waals surface area (Å²) in [7, 11) is -7.77. The Kier molecular flexibility index (Phi) is 22.6. The molecule has 0 unspecified atom stereocenters. The van der Waals surface area contributed by atoms with Crippen LogP contribution in [-0.4, -0.2) is 33.4 Å². The second kappa shape index (κ2) is 11.0. The van der Waals surface area contributed by atoms with Crippen LogP contribution in [-0.2, 0) is 48.0 Å². The molecule has 0 aliphatic carbocycles. The van der Waals surface area contributed by atoms with Gasteiger partial charge in [0.2, 0.25) is 0 Å². The molecular weight excluding hydrogens is 302 g/mol. The molecule has 0 rings (SSSR count). The van der Waals surface area contributed by atoms with Crippen molar-refractivity contribution in [2.24, 2.45) is 0 Å². The molecule has 0 amide bonds. The molecule has 0 bridgehead atoms. The predicted molar refractivity (Wildman–Crippen MR) is 25.1 cm³/mol. The van der Waals surface area contributed by atoms with Crippen LogP contribution in [0.1, 0.15) is 0 Å². The molecule has 0 aromatic heterocycles. The Hall–Kier alpha value is 0.974. The smallest absolute Gasteiger partial charge is 0.511 e. The van der Waals surface area contributed by atoms with Crippen LogP contribution in [0.3, 0.4) is 0 Å². The summed E-state index contributed by atoms with van der Waals surface area (Å²) in [6.45, 7) is 0. The zero-order valence-corrected chi connectivity index (χ0v) is 13.2. The third-order valence-corrected chi connectivity index (χ3v) is 0. The van der Waals surface area contributed by atoms with E-state index in [0.717, 1.165) is 0 Å². The van der Waals surface area contributed by atoms with Crippen LogP contribution in [0, 0.1) is 0 Å².